The molecule has 3 aromatic carbocycles. The van der Waals surface area contributed by atoms with Crippen molar-refractivity contribution in [3.8, 4) is 11.1 Å². The van der Waals surface area contributed by atoms with Crippen molar-refractivity contribution in [1.29, 1.82) is 0 Å². The van der Waals surface area contributed by atoms with Crippen molar-refractivity contribution in [1.82, 2.24) is 5.32 Å². The molecule has 178 valence electrons. The smallest absolute Gasteiger partial charge is 0.162 e. The lowest BCUT2D eigenvalue weighted by atomic mass is 9.83. The first-order chi connectivity index (χ1) is 17.7. The van der Waals surface area contributed by atoms with Crippen molar-refractivity contribution >= 4 is 39.9 Å². The second kappa shape index (κ2) is 11.4. The van der Waals surface area contributed by atoms with Crippen molar-refractivity contribution in [2.75, 3.05) is 0 Å². The summed E-state index contributed by atoms with van der Waals surface area (Å²) in [5.74, 6) is 0.132. The number of carbonyl (C=O) groups excluding carboxylic acids is 1. The number of rotatable bonds is 3. The highest BCUT2D eigenvalue weighted by Crippen LogP contribution is 2.25. The molecule has 3 aliphatic rings. The lowest BCUT2D eigenvalue weighted by molar-refractivity contribution is -0.116. The quantitative estimate of drug-likeness (QED) is 0.403. The molecule has 0 bridgehead atoms. The van der Waals surface area contributed by atoms with Gasteiger partial charge in [0, 0.05) is 22.8 Å². The largest absolute Gasteiger partial charge is 0.368 e. The monoisotopic (exact) mass is 533 g/mol. The topological polar surface area (TPSA) is 29.1 Å². The molecule has 1 heterocycles. The fraction of sp³-hybridized carbons (Fsp3) is 0.121. The average Bonchev–Trinajstić information content (AvgIpc) is 3.25. The molecular formula is C33H28BrNO. The second-order valence-electron chi connectivity index (χ2n) is 9.04. The summed E-state index contributed by atoms with van der Waals surface area (Å²) in [6.45, 7) is 0. The summed E-state index contributed by atoms with van der Waals surface area (Å²) in [5.41, 5.74) is 6.38. The first-order valence-electron chi connectivity index (χ1n) is 12.3. The molecule has 3 heteroatoms. The van der Waals surface area contributed by atoms with Gasteiger partial charge in [0.1, 0.15) is 0 Å². The zero-order valence-corrected chi connectivity index (χ0v) is 21.6. The highest BCUT2D eigenvalue weighted by molar-refractivity contribution is 9.10. The summed E-state index contributed by atoms with van der Waals surface area (Å²) in [5, 5.41) is 5.49. The Balaban J connectivity index is 0.000000330. The van der Waals surface area contributed by atoms with Gasteiger partial charge in [-0.15, -0.1) is 0 Å². The van der Waals surface area contributed by atoms with Crippen molar-refractivity contribution in [2.24, 2.45) is 5.92 Å². The number of halogens is 1. The molecule has 2 aliphatic carbocycles. The fourth-order valence-electron chi connectivity index (χ4n) is 4.86. The molecular weight excluding hydrogens is 506 g/mol. The Kier molecular flexibility index (Phi) is 7.58. The molecule has 2 nitrogen and oxygen atoms in total. The third-order valence-corrected chi connectivity index (χ3v) is 7.17. The normalized spacial score (nSPS) is 16.8. The maximum Gasteiger partial charge on any atom is 0.162 e. The third-order valence-electron chi connectivity index (χ3n) is 6.68. The average molecular weight is 534 g/mol. The zero-order valence-electron chi connectivity index (χ0n) is 20.0. The standard InChI is InChI=1S/C27H21BrO.C6H7N/c28-22-6-3-4-18(16-22)8-15-27(29)21-10-9-20-12-13-24-23-7-2-1-5-19(23)11-14-25(24)26(20)17-21;1-2-4-6-7-5-3-1/h1-8,12-17,21H,9-11H2;1-7H. The Bertz CT molecular complexity index is 1510. The van der Waals surface area contributed by atoms with Crippen molar-refractivity contribution < 1.29 is 4.79 Å². The van der Waals surface area contributed by atoms with E-state index in [-0.39, 0.29) is 11.7 Å². The summed E-state index contributed by atoms with van der Waals surface area (Å²) in [6.07, 6.45) is 22.6. The second-order valence-corrected chi connectivity index (χ2v) is 9.95. The summed E-state index contributed by atoms with van der Waals surface area (Å²) in [7, 11) is 0. The van der Waals surface area contributed by atoms with Crippen molar-refractivity contribution in [3.05, 3.63) is 135 Å². The Hall–Kier alpha value is -3.69. The van der Waals surface area contributed by atoms with Gasteiger partial charge >= 0.3 is 0 Å². The Morgan fingerprint density at radius 2 is 1.69 bits per heavy atom. The predicted octanol–water partition coefficient (Wildman–Crippen LogP) is 6.25. The molecule has 3 aromatic rings. The number of hydrogen-bond acceptors (Lipinski definition) is 2. The van der Waals surface area contributed by atoms with Crippen LogP contribution in [0.15, 0.2) is 108 Å². The van der Waals surface area contributed by atoms with Gasteiger partial charge in [0.05, 0.1) is 0 Å². The summed E-state index contributed by atoms with van der Waals surface area (Å²) >= 11 is 3.48. The predicted molar refractivity (Wildman–Crippen MR) is 154 cm³/mol. The number of aryl methyl sites for hydroxylation is 1. The first-order valence-corrected chi connectivity index (χ1v) is 13.1. The van der Waals surface area contributed by atoms with Crippen molar-refractivity contribution in [3.63, 3.8) is 0 Å². The van der Waals surface area contributed by atoms with E-state index in [0.29, 0.717) is 0 Å². The van der Waals surface area contributed by atoms with Gasteiger partial charge in [-0.3, -0.25) is 4.79 Å². The number of nitrogens with one attached hydrogen (secondary N) is 1. The van der Waals surface area contributed by atoms with Crippen LogP contribution in [0.2, 0.25) is 0 Å². The van der Waals surface area contributed by atoms with Gasteiger partial charge in [0.15, 0.2) is 5.78 Å². The maximum absolute atomic E-state index is 12.9. The number of benzene rings is 3. The molecule has 1 unspecified atom stereocenters. The molecule has 0 radical (unpaired) electrons. The molecule has 0 aromatic heterocycles. The molecule has 36 heavy (non-hydrogen) atoms. The number of hydrogen-bond donors (Lipinski definition) is 1. The lowest BCUT2D eigenvalue weighted by Gasteiger charge is -2.20. The van der Waals surface area contributed by atoms with Crippen LogP contribution in [-0.2, 0) is 17.6 Å². The van der Waals surface area contributed by atoms with E-state index in [0.717, 1.165) is 29.3 Å². The highest BCUT2D eigenvalue weighted by atomic mass is 79.9. The van der Waals surface area contributed by atoms with Crippen LogP contribution in [0.25, 0.3) is 29.4 Å². The van der Waals surface area contributed by atoms with Gasteiger partial charge in [-0.05, 0) is 87.9 Å². The minimum atomic E-state index is -0.0528. The number of ketones is 1. The molecule has 0 saturated heterocycles. The van der Waals surface area contributed by atoms with Gasteiger partial charge in [0.25, 0.3) is 0 Å². The van der Waals surface area contributed by atoms with E-state index in [4.69, 9.17) is 0 Å². The van der Waals surface area contributed by atoms with E-state index in [1.165, 1.54) is 32.7 Å². The summed E-state index contributed by atoms with van der Waals surface area (Å²) in [4.78, 5) is 12.9. The zero-order chi connectivity index (χ0) is 24.7. The van der Waals surface area contributed by atoms with Gasteiger partial charge < -0.3 is 5.32 Å². The molecule has 6 rings (SSSR count). The lowest BCUT2D eigenvalue weighted by Crippen LogP contribution is -2.36. The Labute approximate surface area is 220 Å². The SMILES string of the molecule is C1=CC=CNC=C1.O=C(C=Cc1cccc(Br)c1)C1C=c2c(ccc3c2=CCc2ccccc2-3)CC1. The highest BCUT2D eigenvalue weighted by Gasteiger charge is 2.20. The van der Waals surface area contributed by atoms with Gasteiger partial charge in [-0.2, -0.15) is 0 Å². The molecule has 1 N–H and O–H groups in total. The van der Waals surface area contributed by atoms with E-state index in [2.05, 4.69) is 69.8 Å². The fourth-order valence-corrected chi connectivity index (χ4v) is 5.28. The van der Waals surface area contributed by atoms with Gasteiger partial charge in [-0.1, -0.05) is 94.8 Å². The van der Waals surface area contributed by atoms with Crippen LogP contribution in [0.5, 0.6) is 0 Å². The van der Waals surface area contributed by atoms with Crippen LogP contribution in [0.4, 0.5) is 0 Å². The Morgan fingerprint density at radius 3 is 2.53 bits per heavy atom. The molecule has 0 saturated carbocycles. The Morgan fingerprint density at radius 1 is 0.861 bits per heavy atom. The molecule has 0 amide bonds. The number of carbonyl (C=O) groups is 1. The molecule has 1 aliphatic heterocycles. The molecule has 1 atom stereocenters. The van der Waals surface area contributed by atoms with Crippen LogP contribution in [0.1, 0.15) is 23.1 Å². The van der Waals surface area contributed by atoms with E-state index >= 15 is 0 Å². The molecule has 0 spiro atoms. The van der Waals surface area contributed by atoms with E-state index in [9.17, 15) is 4.79 Å². The van der Waals surface area contributed by atoms with E-state index in [1.807, 2.05) is 67.0 Å². The minimum absolute atomic E-state index is 0.0528. The van der Waals surface area contributed by atoms with E-state index < -0.39 is 0 Å². The summed E-state index contributed by atoms with van der Waals surface area (Å²) in [6, 6.07) is 21.1. The van der Waals surface area contributed by atoms with Crippen LogP contribution in [0, 0.1) is 5.92 Å². The van der Waals surface area contributed by atoms with Gasteiger partial charge in [-0.25, -0.2) is 0 Å². The number of allylic oxidation sites excluding steroid dienone is 5. The minimum Gasteiger partial charge on any atom is -0.368 e. The first kappa shape index (κ1) is 24.0. The van der Waals surface area contributed by atoms with Crippen LogP contribution >= 0.6 is 15.9 Å². The van der Waals surface area contributed by atoms with Gasteiger partial charge in [0.2, 0.25) is 0 Å². The summed E-state index contributed by atoms with van der Waals surface area (Å²) < 4.78 is 1.02. The van der Waals surface area contributed by atoms with Crippen LogP contribution in [0.3, 0.4) is 0 Å². The maximum atomic E-state index is 12.9. The van der Waals surface area contributed by atoms with Crippen LogP contribution < -0.4 is 15.8 Å². The molecule has 0 fully saturated rings. The van der Waals surface area contributed by atoms with Crippen molar-refractivity contribution in [2.45, 2.75) is 19.3 Å². The number of fused-ring (bicyclic) bond motifs is 5. The van der Waals surface area contributed by atoms with Crippen LogP contribution in [-0.4, -0.2) is 5.78 Å². The third kappa shape index (κ3) is 5.58. The van der Waals surface area contributed by atoms with E-state index in [1.54, 1.807) is 6.08 Å².